The molecule has 0 bridgehead atoms. The van der Waals surface area contributed by atoms with Crippen molar-refractivity contribution >= 4 is 32.5 Å². The van der Waals surface area contributed by atoms with Gasteiger partial charge in [0.25, 0.3) is 3.91 Å². The SMILES string of the molecule is O=C(O)CNC(=O)I. The summed E-state index contributed by atoms with van der Waals surface area (Å²) in [5, 5.41) is 10.0. The molecule has 0 rings (SSSR count). The predicted molar refractivity (Wildman–Crippen MR) is 35.1 cm³/mol. The van der Waals surface area contributed by atoms with Gasteiger partial charge in [-0.2, -0.15) is 0 Å². The third-order valence-electron chi connectivity index (χ3n) is 0.379. The van der Waals surface area contributed by atoms with E-state index >= 15 is 0 Å². The topological polar surface area (TPSA) is 66.4 Å². The summed E-state index contributed by atoms with van der Waals surface area (Å²) in [6.07, 6.45) is 0. The number of carbonyl (C=O) groups is 2. The number of carboxylic acids is 1. The van der Waals surface area contributed by atoms with E-state index in [0.717, 1.165) is 0 Å². The van der Waals surface area contributed by atoms with Crippen LogP contribution in [-0.2, 0) is 4.79 Å². The molecule has 4 nitrogen and oxygen atoms in total. The van der Waals surface area contributed by atoms with Crippen molar-refractivity contribution in [1.29, 1.82) is 0 Å². The highest BCUT2D eigenvalue weighted by Gasteiger charge is 1.96. The molecule has 0 aromatic carbocycles. The Kier molecular flexibility index (Phi) is 3.49. The predicted octanol–water partition coefficient (Wildman–Crippen LogP) is 0.216. The number of hydrogen-bond donors (Lipinski definition) is 2. The van der Waals surface area contributed by atoms with Gasteiger partial charge in [0, 0.05) is 22.6 Å². The molecule has 0 unspecified atom stereocenters. The first-order chi connectivity index (χ1) is 3.63. The van der Waals surface area contributed by atoms with E-state index in [1.807, 2.05) is 0 Å². The van der Waals surface area contributed by atoms with Crippen molar-refractivity contribution in [3.05, 3.63) is 0 Å². The number of halogens is 1. The van der Waals surface area contributed by atoms with Gasteiger partial charge in [0.1, 0.15) is 6.54 Å². The minimum absolute atomic E-state index is 0.304. The quantitative estimate of drug-likeness (QED) is 0.404. The summed E-state index contributed by atoms with van der Waals surface area (Å²) in [7, 11) is 0. The van der Waals surface area contributed by atoms with E-state index in [1.54, 1.807) is 0 Å². The lowest BCUT2D eigenvalue weighted by Gasteiger charge is -1.90. The maximum absolute atomic E-state index is 9.96. The number of amides is 1. The van der Waals surface area contributed by atoms with Gasteiger partial charge in [0.05, 0.1) is 0 Å². The van der Waals surface area contributed by atoms with Crippen LogP contribution < -0.4 is 5.32 Å². The molecule has 46 valence electrons. The number of hydrogen-bond acceptors (Lipinski definition) is 2. The van der Waals surface area contributed by atoms with Gasteiger partial charge in [-0.15, -0.1) is 0 Å². The molecule has 0 aliphatic carbocycles. The van der Waals surface area contributed by atoms with Gasteiger partial charge in [-0.1, -0.05) is 0 Å². The van der Waals surface area contributed by atoms with Crippen LogP contribution in [0, 0.1) is 0 Å². The average molecular weight is 229 g/mol. The molecule has 0 atom stereocenters. The standard InChI is InChI=1S/C3H4INO3/c4-3(8)5-1-2(6)7/h1H2,(H,5,8)(H,6,7). The van der Waals surface area contributed by atoms with Crippen LogP contribution in [0.2, 0.25) is 0 Å². The summed E-state index contributed by atoms with van der Waals surface area (Å²) in [5.74, 6) is -1.03. The molecule has 5 heteroatoms. The van der Waals surface area contributed by atoms with Gasteiger partial charge in [-0.25, -0.2) is 0 Å². The Balaban J connectivity index is 3.18. The molecule has 8 heavy (non-hydrogen) atoms. The highest BCUT2D eigenvalue weighted by Crippen LogP contribution is 1.80. The Morgan fingerprint density at radius 2 is 2.12 bits per heavy atom. The minimum atomic E-state index is -1.03. The highest BCUT2D eigenvalue weighted by molar-refractivity contribution is 14.1. The van der Waals surface area contributed by atoms with E-state index in [4.69, 9.17) is 5.11 Å². The lowest BCUT2D eigenvalue weighted by Crippen LogP contribution is -2.23. The number of aliphatic carboxylic acids is 1. The van der Waals surface area contributed by atoms with Gasteiger partial charge in [-0.05, 0) is 0 Å². The highest BCUT2D eigenvalue weighted by atomic mass is 127. The Morgan fingerprint density at radius 1 is 1.62 bits per heavy atom. The van der Waals surface area contributed by atoms with E-state index in [2.05, 4.69) is 5.32 Å². The maximum atomic E-state index is 9.96. The number of carbonyl (C=O) groups excluding carboxylic acids is 1. The average Bonchev–Trinajstić information content (AvgIpc) is 1.61. The second-order valence-corrected chi connectivity index (χ2v) is 2.00. The first-order valence-electron chi connectivity index (χ1n) is 1.78. The van der Waals surface area contributed by atoms with E-state index in [1.165, 1.54) is 22.6 Å². The van der Waals surface area contributed by atoms with Crippen molar-refractivity contribution in [2.24, 2.45) is 0 Å². The van der Waals surface area contributed by atoms with Crippen molar-refractivity contribution in [3.63, 3.8) is 0 Å². The Labute approximate surface area is 59.4 Å². The van der Waals surface area contributed by atoms with E-state index < -0.39 is 5.97 Å². The summed E-state index contributed by atoms with van der Waals surface area (Å²) >= 11 is 1.46. The summed E-state index contributed by atoms with van der Waals surface area (Å²) < 4.78 is -0.356. The zero-order chi connectivity index (χ0) is 6.57. The van der Waals surface area contributed by atoms with Gasteiger partial charge in [-0.3, -0.25) is 9.59 Å². The minimum Gasteiger partial charge on any atom is -0.480 e. The monoisotopic (exact) mass is 229 g/mol. The number of nitrogens with one attached hydrogen (secondary N) is 1. The van der Waals surface area contributed by atoms with Crippen molar-refractivity contribution < 1.29 is 14.7 Å². The van der Waals surface area contributed by atoms with Crippen molar-refractivity contribution in [2.75, 3.05) is 6.54 Å². The van der Waals surface area contributed by atoms with Crippen LogP contribution in [0.3, 0.4) is 0 Å². The van der Waals surface area contributed by atoms with Gasteiger partial charge < -0.3 is 10.4 Å². The van der Waals surface area contributed by atoms with Crippen molar-refractivity contribution in [3.8, 4) is 0 Å². The third-order valence-corrected chi connectivity index (χ3v) is 0.760. The largest absolute Gasteiger partial charge is 0.480 e. The Bertz CT molecular complexity index is 99.1. The van der Waals surface area contributed by atoms with Gasteiger partial charge in [0.2, 0.25) is 0 Å². The smallest absolute Gasteiger partial charge is 0.322 e. The van der Waals surface area contributed by atoms with Crippen LogP contribution in [0.15, 0.2) is 0 Å². The third kappa shape index (κ3) is 5.67. The molecule has 2 N–H and O–H groups in total. The number of carboxylic acid groups (broad SMARTS) is 1. The lowest BCUT2D eigenvalue weighted by molar-refractivity contribution is -0.135. The first-order valence-corrected chi connectivity index (χ1v) is 2.86. The molecule has 0 spiro atoms. The van der Waals surface area contributed by atoms with Crippen LogP contribution in [0.1, 0.15) is 0 Å². The van der Waals surface area contributed by atoms with E-state index in [9.17, 15) is 9.59 Å². The molecule has 0 radical (unpaired) electrons. The Morgan fingerprint density at radius 3 is 2.25 bits per heavy atom. The second-order valence-electron chi connectivity index (χ2n) is 1.02. The Hall–Kier alpha value is -0.330. The van der Waals surface area contributed by atoms with Crippen molar-refractivity contribution in [1.82, 2.24) is 5.32 Å². The zero-order valence-corrected chi connectivity index (χ0v) is 6.01. The van der Waals surface area contributed by atoms with Crippen LogP contribution in [-0.4, -0.2) is 21.5 Å². The second kappa shape index (κ2) is 3.65. The molecule has 0 fully saturated rings. The summed E-state index contributed by atoms with van der Waals surface area (Å²) in [6, 6.07) is 0. The molecule has 0 aliphatic heterocycles. The molecule has 0 saturated heterocycles. The van der Waals surface area contributed by atoms with Crippen LogP contribution in [0.4, 0.5) is 4.79 Å². The fourth-order valence-electron chi connectivity index (χ4n) is 0.145. The molecule has 0 aromatic heterocycles. The normalized spacial score (nSPS) is 8.12. The maximum Gasteiger partial charge on any atom is 0.322 e. The van der Waals surface area contributed by atoms with Crippen LogP contribution in [0.5, 0.6) is 0 Å². The number of rotatable bonds is 2. The fourth-order valence-corrected chi connectivity index (χ4v) is 0.336. The molecule has 0 saturated carbocycles. The molecular formula is C3H4INO3. The van der Waals surface area contributed by atoms with E-state index in [-0.39, 0.29) is 10.5 Å². The van der Waals surface area contributed by atoms with Gasteiger partial charge in [0.15, 0.2) is 0 Å². The molecule has 1 amide bonds. The van der Waals surface area contributed by atoms with E-state index in [0.29, 0.717) is 0 Å². The molecule has 0 aliphatic rings. The molecule has 0 heterocycles. The van der Waals surface area contributed by atoms with Crippen LogP contribution in [0.25, 0.3) is 0 Å². The summed E-state index contributed by atoms with van der Waals surface area (Å²) in [5.41, 5.74) is 0. The summed E-state index contributed by atoms with van der Waals surface area (Å²) in [6.45, 7) is -0.304. The fraction of sp³-hybridized carbons (Fsp3) is 0.333. The molecule has 0 aromatic rings. The van der Waals surface area contributed by atoms with Crippen molar-refractivity contribution in [2.45, 2.75) is 0 Å². The zero-order valence-electron chi connectivity index (χ0n) is 3.85. The van der Waals surface area contributed by atoms with Gasteiger partial charge >= 0.3 is 5.97 Å². The van der Waals surface area contributed by atoms with Crippen LogP contribution >= 0.6 is 22.6 Å². The lowest BCUT2D eigenvalue weighted by atomic mass is 10.7. The summed E-state index contributed by atoms with van der Waals surface area (Å²) in [4.78, 5) is 19.6. The molecular weight excluding hydrogens is 225 g/mol. The first kappa shape index (κ1) is 7.67.